The summed E-state index contributed by atoms with van der Waals surface area (Å²) in [6.07, 6.45) is 0. The van der Waals surface area contributed by atoms with Gasteiger partial charge in [-0.1, -0.05) is 6.07 Å². The van der Waals surface area contributed by atoms with E-state index in [2.05, 4.69) is 26.3 Å². The zero-order chi connectivity index (χ0) is 20.4. The highest BCUT2D eigenvalue weighted by Gasteiger charge is 2.13. The summed E-state index contributed by atoms with van der Waals surface area (Å²) in [5.74, 6) is -0.440. The lowest BCUT2D eigenvalue weighted by atomic mass is 10.1. The minimum absolute atomic E-state index is 0.00159. The number of nitrogens with one attached hydrogen (secondary N) is 4. The number of nitrogens with zero attached hydrogens (tertiary/aromatic N) is 1. The fraction of sp³-hybridized carbons (Fsp3) is 0.526. The van der Waals surface area contributed by atoms with Crippen molar-refractivity contribution >= 4 is 17.8 Å². The van der Waals surface area contributed by atoms with Crippen molar-refractivity contribution in [1.82, 2.24) is 21.3 Å². The van der Waals surface area contributed by atoms with Crippen molar-refractivity contribution in [1.29, 1.82) is 0 Å². The van der Waals surface area contributed by atoms with E-state index in [4.69, 9.17) is 0 Å². The highest BCUT2D eigenvalue weighted by Crippen LogP contribution is 2.08. The summed E-state index contributed by atoms with van der Waals surface area (Å²) in [5, 5.41) is 11.6. The van der Waals surface area contributed by atoms with Gasteiger partial charge in [0.25, 0.3) is 5.91 Å². The fourth-order valence-electron chi connectivity index (χ4n) is 2.14. The molecule has 0 saturated heterocycles. The van der Waals surface area contributed by atoms with E-state index in [1.165, 1.54) is 6.07 Å². The third-order valence-electron chi connectivity index (χ3n) is 3.38. The van der Waals surface area contributed by atoms with Gasteiger partial charge in [-0.15, -0.1) is 0 Å². The molecule has 4 N–H and O–H groups in total. The van der Waals surface area contributed by atoms with Crippen LogP contribution in [0.4, 0.5) is 4.39 Å². The van der Waals surface area contributed by atoms with Gasteiger partial charge < -0.3 is 21.3 Å². The van der Waals surface area contributed by atoms with Crippen LogP contribution < -0.4 is 21.3 Å². The van der Waals surface area contributed by atoms with Crippen LogP contribution in [0.1, 0.15) is 43.6 Å². The van der Waals surface area contributed by atoms with E-state index in [1.807, 2.05) is 27.7 Å². The van der Waals surface area contributed by atoms with E-state index >= 15 is 0 Å². The Hall–Kier alpha value is -2.64. The maximum Gasteiger partial charge on any atom is 0.251 e. The molecule has 150 valence electrons. The molecule has 0 radical (unpaired) electrons. The smallest absolute Gasteiger partial charge is 0.251 e. The van der Waals surface area contributed by atoms with Crippen LogP contribution in [0.2, 0.25) is 0 Å². The molecule has 1 aromatic carbocycles. The molecule has 0 heterocycles. The number of guanidine groups is 1. The van der Waals surface area contributed by atoms with Crippen LogP contribution >= 0.6 is 0 Å². The van der Waals surface area contributed by atoms with Gasteiger partial charge in [-0.2, -0.15) is 0 Å². The van der Waals surface area contributed by atoms with Gasteiger partial charge in [0, 0.05) is 30.7 Å². The maximum absolute atomic E-state index is 13.5. The lowest BCUT2D eigenvalue weighted by Crippen LogP contribution is -2.44. The van der Waals surface area contributed by atoms with E-state index in [0.717, 1.165) is 0 Å². The van der Waals surface area contributed by atoms with Crippen molar-refractivity contribution in [3.63, 3.8) is 0 Å². The average Bonchev–Trinajstić information content (AvgIpc) is 2.57. The Bertz CT molecular complexity index is 683. The van der Waals surface area contributed by atoms with Crippen molar-refractivity contribution in [3.05, 3.63) is 35.1 Å². The van der Waals surface area contributed by atoms with Gasteiger partial charge in [0.05, 0.1) is 0 Å². The molecule has 8 heteroatoms. The topological polar surface area (TPSA) is 94.6 Å². The molecule has 0 aromatic heterocycles. The van der Waals surface area contributed by atoms with Gasteiger partial charge in [0.2, 0.25) is 5.91 Å². The van der Waals surface area contributed by atoms with E-state index in [0.29, 0.717) is 31.2 Å². The van der Waals surface area contributed by atoms with Crippen molar-refractivity contribution in [2.45, 2.75) is 40.2 Å². The molecule has 0 aliphatic carbocycles. The van der Waals surface area contributed by atoms with Crippen molar-refractivity contribution in [3.8, 4) is 0 Å². The predicted octanol–water partition coefficient (Wildman–Crippen LogP) is 1.33. The highest BCUT2D eigenvalue weighted by molar-refractivity contribution is 5.94. The molecule has 0 fully saturated rings. The van der Waals surface area contributed by atoms with Crippen LogP contribution in [0, 0.1) is 12.7 Å². The van der Waals surface area contributed by atoms with E-state index in [9.17, 15) is 14.0 Å². The van der Waals surface area contributed by atoms with Crippen molar-refractivity contribution < 1.29 is 14.0 Å². The number of aliphatic imine (C=N–C) groups is 1. The van der Waals surface area contributed by atoms with Gasteiger partial charge in [0.15, 0.2) is 5.96 Å². The van der Waals surface area contributed by atoms with E-state index in [-0.39, 0.29) is 29.5 Å². The van der Waals surface area contributed by atoms with Gasteiger partial charge in [-0.25, -0.2) is 9.38 Å². The molecule has 27 heavy (non-hydrogen) atoms. The first kappa shape index (κ1) is 22.4. The number of halogens is 1. The second-order valence-corrected chi connectivity index (χ2v) is 7.14. The molecule has 0 bridgehead atoms. The number of carbonyl (C=O) groups is 2. The standard InChI is InChI=1S/C19H30FN5O2/c1-6-21-18(24-12-16(26)25-19(3,4)5)23-10-9-22-17(27)14-8-7-13(2)15(20)11-14/h7-8,11H,6,9-10,12H2,1-5H3,(H,22,27)(H,25,26)(H2,21,23,24). The normalized spacial score (nSPS) is 11.7. The second-order valence-electron chi connectivity index (χ2n) is 7.14. The van der Waals surface area contributed by atoms with E-state index < -0.39 is 5.82 Å². The summed E-state index contributed by atoms with van der Waals surface area (Å²) >= 11 is 0. The zero-order valence-electron chi connectivity index (χ0n) is 16.7. The number of rotatable bonds is 7. The number of aryl methyl sites for hydroxylation is 1. The van der Waals surface area contributed by atoms with Crippen LogP contribution in [-0.2, 0) is 4.79 Å². The van der Waals surface area contributed by atoms with Crippen LogP contribution in [0.5, 0.6) is 0 Å². The van der Waals surface area contributed by atoms with Gasteiger partial charge in [-0.3, -0.25) is 9.59 Å². The zero-order valence-corrected chi connectivity index (χ0v) is 16.7. The van der Waals surface area contributed by atoms with Crippen molar-refractivity contribution in [2.75, 3.05) is 26.2 Å². The molecule has 0 unspecified atom stereocenters. The Balaban J connectivity index is 2.45. The molecule has 0 saturated carbocycles. The lowest BCUT2D eigenvalue weighted by Gasteiger charge is -2.20. The third kappa shape index (κ3) is 9.03. The summed E-state index contributed by atoms with van der Waals surface area (Å²) in [4.78, 5) is 28.1. The largest absolute Gasteiger partial charge is 0.357 e. The Morgan fingerprint density at radius 1 is 1.11 bits per heavy atom. The number of hydrogen-bond acceptors (Lipinski definition) is 3. The first-order valence-electron chi connectivity index (χ1n) is 9.00. The highest BCUT2D eigenvalue weighted by atomic mass is 19.1. The van der Waals surface area contributed by atoms with Gasteiger partial charge >= 0.3 is 0 Å². The Morgan fingerprint density at radius 2 is 1.78 bits per heavy atom. The molecule has 7 nitrogen and oxygen atoms in total. The summed E-state index contributed by atoms with van der Waals surface area (Å²) in [5.41, 5.74) is 0.464. The van der Waals surface area contributed by atoms with Crippen molar-refractivity contribution in [2.24, 2.45) is 4.99 Å². The molecule has 1 aromatic rings. The van der Waals surface area contributed by atoms with Crippen LogP contribution in [0.3, 0.4) is 0 Å². The van der Waals surface area contributed by atoms with Crippen LogP contribution in [0.25, 0.3) is 0 Å². The first-order chi connectivity index (χ1) is 12.6. The molecule has 0 spiro atoms. The molecule has 1 rings (SSSR count). The summed E-state index contributed by atoms with van der Waals surface area (Å²) in [7, 11) is 0. The fourth-order valence-corrected chi connectivity index (χ4v) is 2.14. The molecule has 0 aliphatic heterocycles. The van der Waals surface area contributed by atoms with E-state index in [1.54, 1.807) is 19.1 Å². The minimum Gasteiger partial charge on any atom is -0.357 e. The molecule has 2 amide bonds. The monoisotopic (exact) mass is 379 g/mol. The Labute approximate surface area is 160 Å². The van der Waals surface area contributed by atoms with Crippen LogP contribution in [-0.4, -0.2) is 49.5 Å². The molecule has 0 aliphatic rings. The summed E-state index contributed by atoms with van der Waals surface area (Å²) in [6.45, 7) is 10.6. The number of hydrogen-bond donors (Lipinski definition) is 4. The molecule has 0 atom stereocenters. The Morgan fingerprint density at radius 3 is 2.37 bits per heavy atom. The molecular weight excluding hydrogens is 349 g/mol. The number of amides is 2. The third-order valence-corrected chi connectivity index (χ3v) is 3.38. The maximum atomic E-state index is 13.5. The second kappa shape index (κ2) is 10.5. The average molecular weight is 379 g/mol. The Kier molecular flexibility index (Phi) is 8.71. The van der Waals surface area contributed by atoms with Gasteiger partial charge in [-0.05, 0) is 52.3 Å². The SMILES string of the molecule is CCNC(=NCC(=O)NC(C)(C)C)NCCNC(=O)c1ccc(C)c(F)c1. The minimum atomic E-state index is -0.407. The van der Waals surface area contributed by atoms with Crippen LogP contribution in [0.15, 0.2) is 23.2 Å². The number of carbonyl (C=O) groups excluding carboxylic acids is 2. The number of benzene rings is 1. The summed E-state index contributed by atoms with van der Waals surface area (Å²) in [6, 6.07) is 4.37. The predicted molar refractivity (Wildman–Crippen MR) is 105 cm³/mol. The quantitative estimate of drug-likeness (QED) is 0.327. The van der Waals surface area contributed by atoms with Gasteiger partial charge in [0.1, 0.15) is 12.4 Å². The summed E-state index contributed by atoms with van der Waals surface area (Å²) < 4.78 is 13.5. The molecular formula is C19H30FN5O2. The lowest BCUT2D eigenvalue weighted by molar-refractivity contribution is -0.121. The first-order valence-corrected chi connectivity index (χ1v) is 9.00.